The van der Waals surface area contributed by atoms with Crippen molar-refractivity contribution in [3.8, 4) is 0 Å². The van der Waals surface area contributed by atoms with Gasteiger partial charge < -0.3 is 10.6 Å². The second-order valence-electron chi connectivity index (χ2n) is 5.47. The van der Waals surface area contributed by atoms with Crippen LogP contribution < -0.4 is 10.6 Å². The average Bonchev–Trinajstić information content (AvgIpc) is 2.66. The van der Waals surface area contributed by atoms with E-state index in [1.54, 1.807) is 0 Å². The topological polar surface area (TPSA) is 71.1 Å². The van der Waals surface area contributed by atoms with E-state index in [4.69, 9.17) is 11.6 Å². The molecule has 1 aromatic heterocycles. The number of carbonyl (C=O) groups is 2. The first-order valence-corrected chi connectivity index (χ1v) is 8.09. The van der Waals surface area contributed by atoms with Crippen LogP contribution >= 0.6 is 11.6 Å². The number of benzene rings is 2. The first kappa shape index (κ1) is 18.5. The Morgan fingerprint density at radius 1 is 0.852 bits per heavy atom. The van der Waals surface area contributed by atoms with Crippen LogP contribution in [0.2, 0.25) is 5.02 Å². The van der Waals surface area contributed by atoms with E-state index in [9.17, 15) is 18.4 Å². The average molecular weight is 388 g/mol. The lowest BCUT2D eigenvalue weighted by Gasteiger charge is -2.08. The number of pyridine rings is 1. The fourth-order valence-electron chi connectivity index (χ4n) is 2.20. The summed E-state index contributed by atoms with van der Waals surface area (Å²) in [7, 11) is 0. The summed E-state index contributed by atoms with van der Waals surface area (Å²) in [5.41, 5.74) is 0.873. The summed E-state index contributed by atoms with van der Waals surface area (Å²) in [5, 5.41) is 4.99. The molecule has 0 aliphatic carbocycles. The molecule has 2 N–H and O–H groups in total. The zero-order valence-electron chi connectivity index (χ0n) is 13.7. The second kappa shape index (κ2) is 7.92. The highest BCUT2D eigenvalue weighted by Gasteiger charge is 2.13. The van der Waals surface area contributed by atoms with Crippen molar-refractivity contribution in [1.29, 1.82) is 0 Å². The zero-order valence-corrected chi connectivity index (χ0v) is 14.4. The van der Waals surface area contributed by atoms with Gasteiger partial charge in [-0.05, 0) is 54.6 Å². The fraction of sp³-hybridized carbons (Fsp3) is 0. The van der Waals surface area contributed by atoms with Gasteiger partial charge in [-0.15, -0.1) is 0 Å². The maximum atomic E-state index is 13.2. The lowest BCUT2D eigenvalue weighted by atomic mass is 10.2. The van der Waals surface area contributed by atoms with Crippen LogP contribution in [0.5, 0.6) is 0 Å². The van der Waals surface area contributed by atoms with Gasteiger partial charge >= 0.3 is 0 Å². The number of nitrogens with zero attached hydrogens (tertiary/aromatic N) is 1. The van der Waals surface area contributed by atoms with Crippen LogP contribution in [0.25, 0.3) is 0 Å². The Kier molecular flexibility index (Phi) is 5.42. The predicted molar refractivity (Wildman–Crippen MR) is 98.0 cm³/mol. The molecular formula is C19H12ClF2N3O2. The standard InChI is InChI=1S/C19H12ClF2N3O2/c20-15-10-14(5-6-16(15)22)25-18(26)11-7-8-23-17(9-11)19(27)24-13-3-1-12(21)2-4-13/h1-10H,(H,24,27)(H,25,26). The monoisotopic (exact) mass is 387 g/mol. The molecule has 2 amide bonds. The van der Waals surface area contributed by atoms with Gasteiger partial charge in [-0.2, -0.15) is 0 Å². The first-order chi connectivity index (χ1) is 12.9. The van der Waals surface area contributed by atoms with Crippen molar-refractivity contribution in [3.05, 3.63) is 88.7 Å². The summed E-state index contributed by atoms with van der Waals surface area (Å²) < 4.78 is 26.1. The number of hydrogen-bond donors (Lipinski definition) is 2. The Bertz CT molecular complexity index is 1010. The van der Waals surface area contributed by atoms with Gasteiger partial charge in [0.15, 0.2) is 0 Å². The van der Waals surface area contributed by atoms with E-state index < -0.39 is 23.4 Å². The van der Waals surface area contributed by atoms with Gasteiger partial charge in [-0.1, -0.05) is 11.6 Å². The number of anilines is 2. The molecule has 0 unspecified atom stereocenters. The summed E-state index contributed by atoms with van der Waals surface area (Å²) in [6, 6.07) is 11.7. The number of rotatable bonds is 4. The van der Waals surface area contributed by atoms with Crippen LogP contribution in [0.4, 0.5) is 20.2 Å². The van der Waals surface area contributed by atoms with Crippen molar-refractivity contribution >= 4 is 34.8 Å². The summed E-state index contributed by atoms with van der Waals surface area (Å²) in [5.74, 6) is -2.10. The van der Waals surface area contributed by atoms with Crippen molar-refractivity contribution in [2.45, 2.75) is 0 Å². The summed E-state index contributed by atoms with van der Waals surface area (Å²) in [4.78, 5) is 28.5. The van der Waals surface area contributed by atoms with Crippen molar-refractivity contribution < 1.29 is 18.4 Å². The van der Waals surface area contributed by atoms with Crippen LogP contribution in [0.15, 0.2) is 60.8 Å². The molecule has 1 heterocycles. The van der Waals surface area contributed by atoms with E-state index in [0.717, 1.165) is 6.07 Å². The smallest absolute Gasteiger partial charge is 0.274 e. The SMILES string of the molecule is O=C(Nc1ccc(F)c(Cl)c1)c1ccnc(C(=O)Nc2ccc(F)cc2)c1. The van der Waals surface area contributed by atoms with Gasteiger partial charge in [0.1, 0.15) is 17.3 Å². The van der Waals surface area contributed by atoms with E-state index in [0.29, 0.717) is 11.4 Å². The molecule has 27 heavy (non-hydrogen) atoms. The first-order valence-electron chi connectivity index (χ1n) is 7.72. The van der Waals surface area contributed by atoms with Crippen LogP contribution in [0.1, 0.15) is 20.8 Å². The molecule has 0 atom stereocenters. The molecule has 8 heteroatoms. The number of aromatic nitrogens is 1. The van der Waals surface area contributed by atoms with Gasteiger partial charge in [-0.3, -0.25) is 14.6 Å². The molecular weight excluding hydrogens is 376 g/mol. The van der Waals surface area contributed by atoms with Crippen molar-refractivity contribution in [3.63, 3.8) is 0 Å². The quantitative estimate of drug-likeness (QED) is 0.691. The van der Waals surface area contributed by atoms with Gasteiger partial charge in [0, 0.05) is 23.1 Å². The highest BCUT2D eigenvalue weighted by atomic mass is 35.5. The molecule has 3 rings (SSSR count). The third kappa shape index (κ3) is 4.65. The Morgan fingerprint density at radius 3 is 2.22 bits per heavy atom. The lowest BCUT2D eigenvalue weighted by Crippen LogP contribution is -2.17. The van der Waals surface area contributed by atoms with E-state index in [-0.39, 0.29) is 16.3 Å². The third-order valence-corrected chi connectivity index (χ3v) is 3.82. The Labute approximate surface area is 158 Å². The fourth-order valence-corrected chi connectivity index (χ4v) is 2.38. The largest absolute Gasteiger partial charge is 0.322 e. The minimum absolute atomic E-state index is 0.00381. The molecule has 2 aromatic carbocycles. The van der Waals surface area contributed by atoms with Gasteiger partial charge in [0.25, 0.3) is 11.8 Å². The molecule has 0 spiro atoms. The molecule has 0 fully saturated rings. The number of carbonyl (C=O) groups excluding carboxylic acids is 2. The lowest BCUT2D eigenvalue weighted by molar-refractivity contribution is 0.102. The molecule has 0 saturated heterocycles. The Hall–Kier alpha value is -3.32. The van der Waals surface area contributed by atoms with Crippen molar-refractivity contribution in [2.24, 2.45) is 0 Å². The highest BCUT2D eigenvalue weighted by molar-refractivity contribution is 6.31. The predicted octanol–water partition coefficient (Wildman–Crippen LogP) is 4.52. The maximum Gasteiger partial charge on any atom is 0.274 e. The summed E-state index contributed by atoms with van der Waals surface area (Å²) in [6.07, 6.45) is 1.31. The molecule has 5 nitrogen and oxygen atoms in total. The Balaban J connectivity index is 1.73. The van der Waals surface area contributed by atoms with E-state index in [2.05, 4.69) is 15.6 Å². The molecule has 136 valence electrons. The van der Waals surface area contributed by atoms with Crippen LogP contribution in [-0.4, -0.2) is 16.8 Å². The minimum Gasteiger partial charge on any atom is -0.322 e. The molecule has 0 bridgehead atoms. The number of halogens is 3. The van der Waals surface area contributed by atoms with Crippen LogP contribution in [0.3, 0.4) is 0 Å². The summed E-state index contributed by atoms with van der Waals surface area (Å²) in [6.45, 7) is 0. The molecule has 0 aliphatic rings. The maximum absolute atomic E-state index is 13.2. The van der Waals surface area contributed by atoms with Crippen LogP contribution in [0, 0.1) is 11.6 Å². The molecule has 0 saturated carbocycles. The third-order valence-electron chi connectivity index (χ3n) is 3.53. The van der Waals surface area contributed by atoms with Crippen molar-refractivity contribution in [2.75, 3.05) is 10.6 Å². The van der Waals surface area contributed by atoms with Crippen LogP contribution in [-0.2, 0) is 0 Å². The van der Waals surface area contributed by atoms with Crippen molar-refractivity contribution in [1.82, 2.24) is 4.98 Å². The number of amides is 2. The molecule has 3 aromatic rings. The van der Waals surface area contributed by atoms with E-state index in [1.807, 2.05) is 0 Å². The van der Waals surface area contributed by atoms with E-state index >= 15 is 0 Å². The zero-order chi connectivity index (χ0) is 19.4. The minimum atomic E-state index is -0.599. The van der Waals surface area contributed by atoms with E-state index in [1.165, 1.54) is 54.7 Å². The summed E-state index contributed by atoms with van der Waals surface area (Å²) >= 11 is 5.68. The number of hydrogen-bond acceptors (Lipinski definition) is 3. The van der Waals surface area contributed by atoms with Gasteiger partial charge in [0.2, 0.25) is 0 Å². The Morgan fingerprint density at radius 2 is 1.52 bits per heavy atom. The van der Waals surface area contributed by atoms with Gasteiger partial charge in [0.05, 0.1) is 5.02 Å². The van der Waals surface area contributed by atoms with Gasteiger partial charge in [-0.25, -0.2) is 8.78 Å². The highest BCUT2D eigenvalue weighted by Crippen LogP contribution is 2.20. The number of nitrogens with one attached hydrogen (secondary N) is 2. The molecule has 0 radical (unpaired) electrons. The normalized spacial score (nSPS) is 10.3. The molecule has 0 aliphatic heterocycles. The second-order valence-corrected chi connectivity index (χ2v) is 5.88.